The first kappa shape index (κ1) is 24.8. The lowest BCUT2D eigenvalue weighted by Crippen LogP contribution is -2.14. The molecule has 176 valence electrons. The van der Waals surface area contributed by atoms with Crippen LogP contribution in [-0.4, -0.2) is 10.5 Å². The minimum Gasteiger partial charge on any atom is -0.321 e. The standard InChI is InChI=1S/C27H26F3N3O/c1-17-13-19(18(2)33(17)24-11-9-21(10-12-24)26(3,4)5)14-20(16-31)25(34)32-23-8-6-7-22(15-23)27(28,29)30/h6-15H,1-5H3,(H,32,34)/b20-14-. The Balaban J connectivity index is 1.90. The number of rotatable bonds is 4. The predicted octanol–water partition coefficient (Wildman–Crippen LogP) is 6.96. The molecule has 0 saturated carbocycles. The molecule has 0 aliphatic rings. The molecule has 0 unspecified atom stereocenters. The van der Waals surface area contributed by atoms with Gasteiger partial charge < -0.3 is 9.88 Å². The number of anilines is 1. The van der Waals surface area contributed by atoms with Crippen molar-refractivity contribution < 1.29 is 18.0 Å². The molecule has 0 atom stereocenters. The van der Waals surface area contributed by atoms with Gasteiger partial charge in [-0.1, -0.05) is 39.0 Å². The van der Waals surface area contributed by atoms with E-state index in [1.54, 1.807) is 0 Å². The number of aryl methyl sites for hydroxylation is 1. The van der Waals surface area contributed by atoms with E-state index in [0.717, 1.165) is 29.2 Å². The lowest BCUT2D eigenvalue weighted by atomic mass is 9.87. The van der Waals surface area contributed by atoms with Crippen LogP contribution in [0.25, 0.3) is 11.8 Å². The summed E-state index contributed by atoms with van der Waals surface area (Å²) in [6.07, 6.45) is -3.08. The van der Waals surface area contributed by atoms with E-state index in [0.29, 0.717) is 5.56 Å². The molecule has 7 heteroatoms. The lowest BCUT2D eigenvalue weighted by Gasteiger charge is -2.20. The topological polar surface area (TPSA) is 57.8 Å². The SMILES string of the molecule is Cc1cc(/C=C(/C#N)C(=O)Nc2cccc(C(F)(F)F)c2)c(C)n1-c1ccc(C(C)(C)C)cc1. The first-order valence-corrected chi connectivity index (χ1v) is 10.7. The van der Waals surface area contributed by atoms with E-state index in [2.05, 4.69) is 38.2 Å². The molecule has 0 radical (unpaired) electrons. The molecule has 4 nitrogen and oxygen atoms in total. The summed E-state index contributed by atoms with van der Waals surface area (Å²) in [6, 6.07) is 16.2. The molecule has 0 aliphatic heterocycles. The maximum absolute atomic E-state index is 12.9. The molecule has 0 bridgehead atoms. The van der Waals surface area contributed by atoms with Gasteiger partial charge in [0, 0.05) is 22.8 Å². The van der Waals surface area contributed by atoms with Crippen molar-refractivity contribution in [2.45, 2.75) is 46.2 Å². The van der Waals surface area contributed by atoms with Crippen LogP contribution >= 0.6 is 0 Å². The van der Waals surface area contributed by atoms with Crippen molar-refractivity contribution in [3.63, 3.8) is 0 Å². The number of halogens is 3. The summed E-state index contributed by atoms with van der Waals surface area (Å²) in [7, 11) is 0. The molecule has 0 fully saturated rings. The average molecular weight is 466 g/mol. The zero-order valence-electron chi connectivity index (χ0n) is 19.7. The van der Waals surface area contributed by atoms with E-state index in [4.69, 9.17) is 0 Å². The van der Waals surface area contributed by atoms with Gasteiger partial charge in [0.05, 0.1) is 5.56 Å². The van der Waals surface area contributed by atoms with Crippen molar-refractivity contribution >= 4 is 17.7 Å². The molecule has 0 saturated heterocycles. The quantitative estimate of drug-likeness (QED) is 0.335. The molecule has 34 heavy (non-hydrogen) atoms. The van der Waals surface area contributed by atoms with Gasteiger partial charge in [-0.2, -0.15) is 18.4 Å². The fraction of sp³-hybridized carbons (Fsp3) is 0.259. The number of carbonyl (C=O) groups is 1. The summed E-state index contributed by atoms with van der Waals surface area (Å²) in [5.41, 5.74) is 3.49. The zero-order chi connectivity index (χ0) is 25.3. The lowest BCUT2D eigenvalue weighted by molar-refractivity contribution is -0.137. The number of nitriles is 1. The number of benzene rings is 2. The summed E-state index contributed by atoms with van der Waals surface area (Å²) < 4.78 is 40.9. The molecule has 1 amide bonds. The molecule has 1 heterocycles. The normalized spacial score (nSPS) is 12.4. The fourth-order valence-corrected chi connectivity index (χ4v) is 3.72. The Bertz CT molecular complexity index is 1280. The Hall–Kier alpha value is -3.79. The van der Waals surface area contributed by atoms with Crippen LogP contribution in [0.15, 0.2) is 60.2 Å². The minimum atomic E-state index is -4.53. The smallest absolute Gasteiger partial charge is 0.321 e. The van der Waals surface area contributed by atoms with Crippen molar-refractivity contribution in [2.75, 3.05) is 5.32 Å². The summed E-state index contributed by atoms with van der Waals surface area (Å²) in [6.45, 7) is 10.2. The van der Waals surface area contributed by atoms with Crippen LogP contribution in [0.3, 0.4) is 0 Å². The second kappa shape index (κ2) is 9.22. The van der Waals surface area contributed by atoms with E-state index in [9.17, 15) is 23.2 Å². The number of hydrogen-bond donors (Lipinski definition) is 1. The molecular weight excluding hydrogens is 439 g/mol. The summed E-state index contributed by atoms with van der Waals surface area (Å²) in [5, 5.41) is 11.9. The zero-order valence-corrected chi connectivity index (χ0v) is 19.7. The van der Waals surface area contributed by atoms with Gasteiger partial charge in [-0.15, -0.1) is 0 Å². The third kappa shape index (κ3) is 5.40. The maximum Gasteiger partial charge on any atom is 0.416 e. The van der Waals surface area contributed by atoms with Crippen molar-refractivity contribution in [1.82, 2.24) is 4.57 Å². The Morgan fingerprint density at radius 1 is 1.00 bits per heavy atom. The van der Waals surface area contributed by atoms with Gasteiger partial charge in [-0.3, -0.25) is 4.79 Å². The second-order valence-electron chi connectivity index (χ2n) is 9.16. The maximum atomic E-state index is 12.9. The highest BCUT2D eigenvalue weighted by atomic mass is 19.4. The highest BCUT2D eigenvalue weighted by molar-refractivity contribution is 6.09. The highest BCUT2D eigenvalue weighted by Gasteiger charge is 2.30. The van der Waals surface area contributed by atoms with Crippen molar-refractivity contribution in [2.24, 2.45) is 0 Å². The monoisotopic (exact) mass is 465 g/mol. The van der Waals surface area contributed by atoms with Crippen LogP contribution in [-0.2, 0) is 16.4 Å². The first-order chi connectivity index (χ1) is 15.8. The van der Waals surface area contributed by atoms with Crippen LogP contribution in [0.1, 0.15) is 48.8 Å². The van der Waals surface area contributed by atoms with Crippen LogP contribution in [0.4, 0.5) is 18.9 Å². The summed E-state index contributed by atoms with van der Waals surface area (Å²) >= 11 is 0. The predicted molar refractivity (Wildman–Crippen MR) is 128 cm³/mol. The summed E-state index contributed by atoms with van der Waals surface area (Å²) in [5.74, 6) is -0.777. The number of carbonyl (C=O) groups excluding carboxylic acids is 1. The number of amides is 1. The van der Waals surface area contributed by atoms with E-state index >= 15 is 0 Å². The van der Waals surface area contributed by atoms with E-state index in [1.165, 1.54) is 23.8 Å². The third-order valence-electron chi connectivity index (χ3n) is 5.57. The van der Waals surface area contributed by atoms with Crippen molar-refractivity contribution in [3.8, 4) is 11.8 Å². The molecule has 3 aromatic rings. The van der Waals surface area contributed by atoms with Gasteiger partial charge >= 0.3 is 6.18 Å². The van der Waals surface area contributed by atoms with Crippen LogP contribution < -0.4 is 5.32 Å². The molecule has 3 rings (SSSR count). The van der Waals surface area contributed by atoms with E-state index < -0.39 is 17.6 Å². The summed E-state index contributed by atoms with van der Waals surface area (Å²) in [4.78, 5) is 12.6. The van der Waals surface area contributed by atoms with Gasteiger partial charge in [0.25, 0.3) is 5.91 Å². The van der Waals surface area contributed by atoms with Gasteiger partial charge in [-0.05, 0) is 72.9 Å². The highest BCUT2D eigenvalue weighted by Crippen LogP contribution is 2.31. The number of alkyl halides is 3. The Labute approximate surface area is 197 Å². The molecule has 0 spiro atoms. The van der Waals surface area contributed by atoms with E-state index in [-0.39, 0.29) is 16.7 Å². The molecule has 2 aromatic carbocycles. The van der Waals surface area contributed by atoms with E-state index in [1.807, 2.05) is 42.7 Å². The second-order valence-corrected chi connectivity index (χ2v) is 9.16. The Morgan fingerprint density at radius 2 is 1.65 bits per heavy atom. The van der Waals surface area contributed by atoms with Gasteiger partial charge in [0.15, 0.2) is 0 Å². The van der Waals surface area contributed by atoms with Gasteiger partial charge in [-0.25, -0.2) is 0 Å². The Morgan fingerprint density at radius 3 is 2.21 bits per heavy atom. The fourth-order valence-electron chi connectivity index (χ4n) is 3.72. The van der Waals surface area contributed by atoms with Gasteiger partial charge in [0.1, 0.15) is 11.6 Å². The number of nitrogens with zero attached hydrogens (tertiary/aromatic N) is 2. The van der Waals surface area contributed by atoms with Crippen molar-refractivity contribution in [1.29, 1.82) is 5.26 Å². The Kier molecular flexibility index (Phi) is 6.74. The van der Waals surface area contributed by atoms with Crippen LogP contribution in [0, 0.1) is 25.2 Å². The van der Waals surface area contributed by atoms with Crippen LogP contribution in [0.5, 0.6) is 0 Å². The molecular formula is C27H26F3N3O. The van der Waals surface area contributed by atoms with Gasteiger partial charge in [0.2, 0.25) is 0 Å². The molecule has 1 N–H and O–H groups in total. The average Bonchev–Trinajstić information content (AvgIpc) is 3.03. The third-order valence-corrected chi connectivity index (χ3v) is 5.57. The van der Waals surface area contributed by atoms with Crippen LogP contribution in [0.2, 0.25) is 0 Å². The molecule has 0 aliphatic carbocycles. The number of aromatic nitrogens is 1. The molecule has 1 aromatic heterocycles. The largest absolute Gasteiger partial charge is 0.416 e. The number of nitrogens with one attached hydrogen (secondary N) is 1. The number of hydrogen-bond acceptors (Lipinski definition) is 2. The van der Waals surface area contributed by atoms with Crippen molar-refractivity contribution in [3.05, 3.63) is 88.2 Å². The minimum absolute atomic E-state index is 0.0296. The first-order valence-electron chi connectivity index (χ1n) is 10.7.